The molecule has 148 valence electrons. The van der Waals surface area contributed by atoms with Crippen LogP contribution in [0.5, 0.6) is 0 Å². The number of nitrogens with two attached hydrogens (primary N) is 1. The molecule has 6 heteroatoms. The number of nitrogens with one attached hydrogen (secondary N) is 1. The van der Waals surface area contributed by atoms with E-state index in [2.05, 4.69) is 10.2 Å². The van der Waals surface area contributed by atoms with Gasteiger partial charge in [-0.2, -0.15) is 5.10 Å². The summed E-state index contributed by atoms with van der Waals surface area (Å²) in [6.07, 6.45) is 1.64. The summed E-state index contributed by atoms with van der Waals surface area (Å²) < 4.78 is 0. The quantitative estimate of drug-likeness (QED) is 0.704. The number of aromatic nitrogens is 2. The maximum absolute atomic E-state index is 13.5. The fraction of sp³-hybridized carbons (Fsp3) is 0.261. The first-order chi connectivity index (χ1) is 14.1. The van der Waals surface area contributed by atoms with Gasteiger partial charge in [0.25, 0.3) is 5.91 Å². The van der Waals surface area contributed by atoms with Crippen LogP contribution < -0.4 is 5.73 Å². The highest BCUT2D eigenvalue weighted by Crippen LogP contribution is 2.31. The van der Waals surface area contributed by atoms with E-state index in [-0.39, 0.29) is 23.4 Å². The molecule has 0 aliphatic carbocycles. The molecule has 2 heterocycles. The molecule has 1 aliphatic rings. The Morgan fingerprint density at radius 2 is 1.52 bits per heavy atom. The number of aromatic amines is 1. The number of carbonyl (C=O) groups is 2. The molecule has 1 aromatic heterocycles. The number of benzene rings is 2. The maximum Gasteiger partial charge on any atom is 0.269 e. The normalized spacial score (nSPS) is 14.9. The van der Waals surface area contributed by atoms with Crippen LogP contribution in [-0.2, 0) is 4.79 Å². The molecule has 0 bridgehead atoms. The molecule has 4 rings (SSSR count). The van der Waals surface area contributed by atoms with Crippen molar-refractivity contribution in [3.05, 3.63) is 89.2 Å². The number of likely N-dealkylation sites (tertiary alicyclic amines) is 1. The molecule has 0 spiro atoms. The van der Waals surface area contributed by atoms with Gasteiger partial charge in [0, 0.05) is 24.7 Å². The van der Waals surface area contributed by atoms with Gasteiger partial charge in [0.2, 0.25) is 5.91 Å². The predicted octanol–water partition coefficient (Wildman–Crippen LogP) is 3.05. The minimum Gasteiger partial charge on any atom is -0.364 e. The van der Waals surface area contributed by atoms with E-state index in [1.54, 1.807) is 6.07 Å². The number of H-pyrrole nitrogens is 1. The van der Waals surface area contributed by atoms with Crippen molar-refractivity contribution in [2.75, 3.05) is 13.1 Å². The molecule has 3 aromatic rings. The van der Waals surface area contributed by atoms with Gasteiger partial charge in [-0.3, -0.25) is 14.7 Å². The summed E-state index contributed by atoms with van der Waals surface area (Å²) in [7, 11) is 0. The van der Waals surface area contributed by atoms with Crippen LogP contribution in [0.3, 0.4) is 0 Å². The number of nitrogens with zero attached hydrogens (tertiary/aromatic N) is 2. The molecule has 1 aliphatic heterocycles. The smallest absolute Gasteiger partial charge is 0.269 e. The molecular weight excluding hydrogens is 364 g/mol. The minimum atomic E-state index is -0.534. The second-order valence-electron chi connectivity index (χ2n) is 7.43. The molecular formula is C23H24N4O2. The second kappa shape index (κ2) is 8.31. The molecule has 1 saturated heterocycles. The number of hydrogen-bond donors (Lipinski definition) is 2. The molecule has 2 amide bonds. The molecule has 29 heavy (non-hydrogen) atoms. The monoisotopic (exact) mass is 388 g/mol. The number of piperidine rings is 1. The summed E-state index contributed by atoms with van der Waals surface area (Å²) in [4.78, 5) is 26.7. The van der Waals surface area contributed by atoms with Crippen molar-refractivity contribution in [2.24, 2.45) is 5.73 Å². The number of carbonyl (C=O) groups excluding carboxylic acids is 2. The van der Waals surface area contributed by atoms with Crippen LogP contribution in [0.1, 0.15) is 52.0 Å². The highest BCUT2D eigenvalue weighted by Gasteiger charge is 2.31. The summed E-state index contributed by atoms with van der Waals surface area (Å²) in [5, 5.41) is 6.89. The van der Waals surface area contributed by atoms with Crippen LogP contribution >= 0.6 is 0 Å². The van der Waals surface area contributed by atoms with Crippen molar-refractivity contribution in [1.82, 2.24) is 15.1 Å². The van der Waals surface area contributed by atoms with E-state index in [1.807, 2.05) is 65.6 Å². The molecule has 1 fully saturated rings. The summed E-state index contributed by atoms with van der Waals surface area (Å²) in [6.45, 7) is 1.34. The van der Waals surface area contributed by atoms with Crippen LogP contribution in [0.2, 0.25) is 0 Å². The second-order valence-corrected chi connectivity index (χ2v) is 7.43. The third kappa shape index (κ3) is 4.06. The average Bonchev–Trinajstić information content (AvgIpc) is 3.26. The number of hydrogen-bond acceptors (Lipinski definition) is 3. The summed E-state index contributed by atoms with van der Waals surface area (Å²) in [6, 6.07) is 21.6. The Bertz CT molecular complexity index is 937. The highest BCUT2D eigenvalue weighted by molar-refractivity contribution is 5.90. The van der Waals surface area contributed by atoms with Crippen molar-refractivity contribution in [3.63, 3.8) is 0 Å². The van der Waals surface area contributed by atoms with E-state index in [9.17, 15) is 9.59 Å². The van der Waals surface area contributed by atoms with Crippen LogP contribution in [0.4, 0.5) is 0 Å². The Morgan fingerprint density at radius 3 is 2.00 bits per heavy atom. The molecule has 3 N–H and O–H groups in total. The van der Waals surface area contributed by atoms with Gasteiger partial charge >= 0.3 is 0 Å². The lowest BCUT2D eigenvalue weighted by Gasteiger charge is -2.34. The van der Waals surface area contributed by atoms with Crippen molar-refractivity contribution in [3.8, 4) is 0 Å². The first-order valence-corrected chi connectivity index (χ1v) is 9.87. The molecule has 0 unspecified atom stereocenters. The van der Waals surface area contributed by atoms with Crippen molar-refractivity contribution in [2.45, 2.75) is 24.7 Å². The third-order valence-corrected chi connectivity index (χ3v) is 5.61. The highest BCUT2D eigenvalue weighted by atomic mass is 16.2. The van der Waals surface area contributed by atoms with E-state index in [4.69, 9.17) is 5.73 Å². The molecule has 0 saturated carbocycles. The van der Waals surface area contributed by atoms with Gasteiger partial charge in [-0.15, -0.1) is 0 Å². The van der Waals surface area contributed by atoms with Gasteiger partial charge in [-0.25, -0.2) is 0 Å². The first-order valence-electron chi connectivity index (χ1n) is 9.87. The van der Waals surface area contributed by atoms with Crippen LogP contribution in [0.15, 0.2) is 66.7 Å². The van der Waals surface area contributed by atoms with E-state index >= 15 is 0 Å². The Labute approximate surface area is 169 Å². The van der Waals surface area contributed by atoms with Gasteiger partial charge in [-0.05, 0) is 30.0 Å². The molecule has 6 nitrogen and oxygen atoms in total. The topological polar surface area (TPSA) is 92.1 Å². The minimum absolute atomic E-state index is 0.128. The van der Waals surface area contributed by atoms with Crippen molar-refractivity contribution >= 4 is 11.8 Å². The van der Waals surface area contributed by atoms with Crippen molar-refractivity contribution in [1.29, 1.82) is 0 Å². The average molecular weight is 388 g/mol. The Morgan fingerprint density at radius 1 is 0.966 bits per heavy atom. The van der Waals surface area contributed by atoms with Gasteiger partial charge in [0.1, 0.15) is 5.69 Å². The van der Waals surface area contributed by atoms with E-state index in [0.29, 0.717) is 13.1 Å². The van der Waals surface area contributed by atoms with Crippen LogP contribution in [0, 0.1) is 0 Å². The largest absolute Gasteiger partial charge is 0.364 e. The fourth-order valence-electron chi connectivity index (χ4n) is 4.03. The summed E-state index contributed by atoms with van der Waals surface area (Å²) in [5.74, 6) is -0.467. The number of amides is 2. The lowest BCUT2D eigenvalue weighted by atomic mass is 9.88. The molecule has 0 atom stereocenters. The zero-order chi connectivity index (χ0) is 20.2. The van der Waals surface area contributed by atoms with Gasteiger partial charge in [0.15, 0.2) is 0 Å². The van der Waals surface area contributed by atoms with Gasteiger partial charge in [-0.1, -0.05) is 60.7 Å². The molecule has 0 radical (unpaired) electrons. The van der Waals surface area contributed by atoms with E-state index in [0.717, 1.165) is 29.7 Å². The maximum atomic E-state index is 13.5. The van der Waals surface area contributed by atoms with Gasteiger partial charge < -0.3 is 10.6 Å². The Kier molecular flexibility index (Phi) is 5.42. The molecule has 2 aromatic carbocycles. The van der Waals surface area contributed by atoms with Crippen LogP contribution in [0.25, 0.3) is 0 Å². The van der Waals surface area contributed by atoms with Crippen LogP contribution in [-0.4, -0.2) is 40.0 Å². The fourth-order valence-corrected chi connectivity index (χ4v) is 4.03. The standard InChI is InChI=1S/C23H24N4O2/c24-22(28)20-15-19(25-26-20)16-11-13-27(14-12-16)23(29)21(17-7-3-1-4-8-17)18-9-5-2-6-10-18/h1-10,15-16,21H,11-14H2,(H2,24,28)(H,25,26). The third-order valence-electron chi connectivity index (χ3n) is 5.61. The number of rotatable bonds is 5. The Balaban J connectivity index is 1.50. The van der Waals surface area contributed by atoms with E-state index < -0.39 is 5.91 Å². The predicted molar refractivity (Wildman–Crippen MR) is 110 cm³/mol. The lowest BCUT2D eigenvalue weighted by molar-refractivity contribution is -0.132. The SMILES string of the molecule is NC(=O)c1cc(C2CCN(C(=O)C(c3ccccc3)c3ccccc3)CC2)[nH]n1. The first kappa shape index (κ1) is 18.9. The van der Waals surface area contributed by atoms with Crippen molar-refractivity contribution < 1.29 is 9.59 Å². The summed E-state index contributed by atoms with van der Waals surface area (Å²) >= 11 is 0. The zero-order valence-corrected chi connectivity index (χ0v) is 16.1. The number of primary amides is 1. The van der Waals surface area contributed by atoms with Gasteiger partial charge in [0.05, 0.1) is 5.92 Å². The van der Waals surface area contributed by atoms with E-state index in [1.165, 1.54) is 0 Å². The zero-order valence-electron chi connectivity index (χ0n) is 16.1. The Hall–Kier alpha value is -3.41. The lowest BCUT2D eigenvalue weighted by Crippen LogP contribution is -2.41. The summed E-state index contributed by atoms with van der Waals surface area (Å²) in [5.41, 5.74) is 8.47.